The molecule has 6 heteroatoms. The molecule has 3 aromatic rings. The summed E-state index contributed by atoms with van der Waals surface area (Å²) in [6, 6.07) is 14.0. The molecule has 2 fully saturated rings. The average molecular weight is 404 g/mol. The van der Waals surface area contributed by atoms with Crippen LogP contribution in [-0.2, 0) is 4.79 Å². The highest BCUT2D eigenvalue weighted by atomic mass is 16.1. The second-order valence-corrected chi connectivity index (χ2v) is 8.77. The Bertz CT molecular complexity index is 1030. The average Bonchev–Trinajstić information content (AvgIpc) is 3.17. The molecule has 4 heterocycles. The van der Waals surface area contributed by atoms with Gasteiger partial charge in [0.1, 0.15) is 0 Å². The number of likely N-dealkylation sites (tertiary alicyclic amines) is 1. The van der Waals surface area contributed by atoms with Crippen molar-refractivity contribution in [1.29, 1.82) is 0 Å². The van der Waals surface area contributed by atoms with Crippen LogP contribution in [0.1, 0.15) is 25.3 Å². The number of nitrogens with zero attached hydrogens (tertiary/aromatic N) is 5. The molecule has 0 saturated carbocycles. The number of hydrogen-bond acceptors (Lipinski definition) is 4. The predicted molar refractivity (Wildman–Crippen MR) is 120 cm³/mol. The van der Waals surface area contributed by atoms with Gasteiger partial charge in [0, 0.05) is 69.2 Å². The molecule has 0 aliphatic carbocycles. The third kappa shape index (κ3) is 3.45. The molecule has 5 rings (SSSR count). The number of carbonyl (C=O) groups is 1. The normalized spacial score (nSPS) is 18.2. The van der Waals surface area contributed by atoms with Crippen LogP contribution >= 0.6 is 0 Å². The van der Waals surface area contributed by atoms with Gasteiger partial charge in [0.15, 0.2) is 0 Å². The van der Waals surface area contributed by atoms with Crippen LogP contribution < -0.4 is 4.90 Å². The van der Waals surface area contributed by atoms with Gasteiger partial charge in [-0.1, -0.05) is 24.3 Å². The van der Waals surface area contributed by atoms with Crippen molar-refractivity contribution in [2.24, 2.45) is 0 Å². The van der Waals surface area contributed by atoms with Gasteiger partial charge in [-0.25, -0.2) is 4.52 Å². The summed E-state index contributed by atoms with van der Waals surface area (Å²) in [6.07, 6.45) is 4.92. The Hall–Kier alpha value is -2.86. The molecule has 156 valence electrons. The lowest BCUT2D eigenvalue weighted by Crippen LogP contribution is -2.48. The van der Waals surface area contributed by atoms with Crippen LogP contribution in [0.3, 0.4) is 0 Å². The number of rotatable bonds is 5. The van der Waals surface area contributed by atoms with Crippen LogP contribution in [0.4, 0.5) is 5.69 Å². The van der Waals surface area contributed by atoms with E-state index in [2.05, 4.69) is 71.3 Å². The number of hydrogen-bond donors (Lipinski definition) is 0. The summed E-state index contributed by atoms with van der Waals surface area (Å²) in [5.74, 6) is 0.660. The molecule has 0 N–H and O–H groups in total. The lowest BCUT2D eigenvalue weighted by atomic mass is 9.89. The number of fused-ring (bicyclic) bond motifs is 1. The number of piperazine rings is 1. The molecule has 0 unspecified atom stereocenters. The van der Waals surface area contributed by atoms with E-state index in [1.807, 2.05) is 15.6 Å². The molecule has 2 aromatic heterocycles. The summed E-state index contributed by atoms with van der Waals surface area (Å²) in [4.78, 5) is 17.7. The van der Waals surface area contributed by atoms with Crippen LogP contribution in [0.25, 0.3) is 16.6 Å². The Labute approximate surface area is 177 Å². The van der Waals surface area contributed by atoms with Gasteiger partial charge in [-0.15, -0.1) is 0 Å². The van der Waals surface area contributed by atoms with E-state index in [0.29, 0.717) is 12.0 Å². The van der Waals surface area contributed by atoms with E-state index in [9.17, 15) is 4.79 Å². The third-order valence-electron chi connectivity index (χ3n) is 6.65. The maximum atomic E-state index is 11.0. The minimum Gasteiger partial charge on any atom is -0.366 e. The summed E-state index contributed by atoms with van der Waals surface area (Å²) < 4.78 is 1.97. The molecule has 0 spiro atoms. The van der Waals surface area contributed by atoms with Crippen molar-refractivity contribution < 1.29 is 4.79 Å². The third-order valence-corrected chi connectivity index (χ3v) is 6.65. The number of carbonyl (C=O) groups excluding carboxylic acids is 1. The molecule has 0 atom stereocenters. The van der Waals surface area contributed by atoms with Gasteiger partial charge in [0.25, 0.3) is 0 Å². The lowest BCUT2D eigenvalue weighted by molar-refractivity contribution is -0.118. The zero-order valence-corrected chi connectivity index (χ0v) is 17.7. The number of amides is 1. The standard InChI is InChI=1S/C24H29N5O/c1-18(2)28-14-22(15-28)20-5-3-19(4-6-20)21-13-24-23(7-8-25-29(24)16-21)27-11-9-26(17-30)10-12-27/h3-8,13,16-18,22H,9-12,14-15H2,1-2H3. The Morgan fingerprint density at radius 2 is 1.73 bits per heavy atom. The second kappa shape index (κ2) is 7.76. The zero-order chi connectivity index (χ0) is 20.7. The van der Waals surface area contributed by atoms with E-state index in [1.165, 1.54) is 22.4 Å². The molecular formula is C24H29N5O. The van der Waals surface area contributed by atoms with Crippen molar-refractivity contribution >= 4 is 17.6 Å². The smallest absolute Gasteiger partial charge is 0.209 e. The highest BCUT2D eigenvalue weighted by Crippen LogP contribution is 2.32. The first kappa shape index (κ1) is 19.1. The topological polar surface area (TPSA) is 44.1 Å². The Morgan fingerprint density at radius 1 is 1.00 bits per heavy atom. The van der Waals surface area contributed by atoms with Crippen LogP contribution in [0, 0.1) is 0 Å². The molecule has 30 heavy (non-hydrogen) atoms. The van der Waals surface area contributed by atoms with Crippen molar-refractivity contribution in [2.45, 2.75) is 25.8 Å². The Morgan fingerprint density at radius 3 is 2.40 bits per heavy atom. The maximum absolute atomic E-state index is 11.0. The highest BCUT2D eigenvalue weighted by molar-refractivity contribution is 5.80. The van der Waals surface area contributed by atoms with Gasteiger partial charge >= 0.3 is 0 Å². The predicted octanol–water partition coefficient (Wildman–Crippen LogP) is 3.09. The molecular weight excluding hydrogens is 374 g/mol. The number of anilines is 1. The van der Waals surface area contributed by atoms with E-state index in [4.69, 9.17) is 0 Å². The van der Waals surface area contributed by atoms with Crippen molar-refractivity contribution in [3.05, 3.63) is 54.4 Å². The summed E-state index contributed by atoms with van der Waals surface area (Å²) in [6.45, 7) is 10.1. The molecule has 1 amide bonds. The minimum atomic E-state index is 0.636. The first-order chi connectivity index (χ1) is 14.6. The van der Waals surface area contributed by atoms with Gasteiger partial charge in [0.2, 0.25) is 6.41 Å². The van der Waals surface area contributed by atoms with Crippen LogP contribution in [0.2, 0.25) is 0 Å². The van der Waals surface area contributed by atoms with Crippen LogP contribution in [-0.4, -0.2) is 71.1 Å². The molecule has 6 nitrogen and oxygen atoms in total. The van der Waals surface area contributed by atoms with Gasteiger partial charge in [-0.05, 0) is 37.1 Å². The monoisotopic (exact) mass is 403 g/mol. The summed E-state index contributed by atoms with van der Waals surface area (Å²) in [5.41, 5.74) is 6.14. The van der Waals surface area contributed by atoms with Gasteiger partial charge in [-0.2, -0.15) is 5.10 Å². The maximum Gasteiger partial charge on any atom is 0.209 e. The van der Waals surface area contributed by atoms with Gasteiger partial charge < -0.3 is 9.80 Å². The van der Waals surface area contributed by atoms with E-state index in [1.54, 1.807) is 0 Å². The van der Waals surface area contributed by atoms with Gasteiger partial charge in [-0.3, -0.25) is 9.69 Å². The van der Waals surface area contributed by atoms with E-state index in [0.717, 1.165) is 51.2 Å². The molecule has 2 aliphatic heterocycles. The molecule has 0 radical (unpaired) electrons. The molecule has 2 saturated heterocycles. The van der Waals surface area contributed by atoms with E-state index < -0.39 is 0 Å². The van der Waals surface area contributed by atoms with Crippen molar-refractivity contribution in [1.82, 2.24) is 19.4 Å². The fraction of sp³-hybridized carbons (Fsp3) is 0.417. The van der Waals surface area contributed by atoms with Gasteiger partial charge in [0.05, 0.1) is 11.2 Å². The quantitative estimate of drug-likeness (QED) is 0.614. The SMILES string of the molecule is CC(C)N1CC(c2ccc(-c3cc4c(N5CCN(C=O)CC5)ccnn4c3)cc2)C1. The van der Waals surface area contributed by atoms with E-state index in [-0.39, 0.29) is 0 Å². The van der Waals surface area contributed by atoms with Crippen LogP contribution in [0.15, 0.2) is 48.8 Å². The number of benzene rings is 1. The fourth-order valence-corrected chi connectivity index (χ4v) is 4.59. The molecule has 2 aliphatic rings. The largest absolute Gasteiger partial charge is 0.366 e. The summed E-state index contributed by atoms with van der Waals surface area (Å²) in [5, 5.41) is 4.52. The fourth-order valence-electron chi connectivity index (χ4n) is 4.59. The Kier molecular flexibility index (Phi) is 4.95. The number of aromatic nitrogens is 2. The first-order valence-electron chi connectivity index (χ1n) is 10.9. The summed E-state index contributed by atoms with van der Waals surface area (Å²) >= 11 is 0. The zero-order valence-electron chi connectivity index (χ0n) is 17.7. The molecule has 0 bridgehead atoms. The Balaban J connectivity index is 1.36. The van der Waals surface area contributed by atoms with Crippen molar-refractivity contribution in [2.75, 3.05) is 44.2 Å². The highest BCUT2D eigenvalue weighted by Gasteiger charge is 2.29. The van der Waals surface area contributed by atoms with Crippen molar-refractivity contribution in [3.63, 3.8) is 0 Å². The second-order valence-electron chi connectivity index (χ2n) is 8.77. The minimum absolute atomic E-state index is 0.636. The molecule has 1 aromatic carbocycles. The lowest BCUT2D eigenvalue weighted by Gasteiger charge is -2.42. The van der Waals surface area contributed by atoms with Crippen molar-refractivity contribution in [3.8, 4) is 11.1 Å². The first-order valence-corrected chi connectivity index (χ1v) is 10.9. The van der Waals surface area contributed by atoms with E-state index >= 15 is 0 Å². The van der Waals surface area contributed by atoms with Crippen LogP contribution in [0.5, 0.6) is 0 Å². The summed E-state index contributed by atoms with van der Waals surface area (Å²) in [7, 11) is 0.